The molecule has 1 unspecified atom stereocenters. The SMILES string of the molecule is CNC(Cc1ccc(Br)cc1Cl)C(C(F)(F)F)C(F)(F)F. The van der Waals surface area contributed by atoms with E-state index in [1.165, 1.54) is 18.2 Å². The number of benzene rings is 1. The van der Waals surface area contributed by atoms with Crippen LogP contribution in [0.4, 0.5) is 26.3 Å². The molecule has 0 spiro atoms. The third-order valence-electron chi connectivity index (χ3n) is 2.93. The van der Waals surface area contributed by atoms with Crippen molar-refractivity contribution in [3.8, 4) is 0 Å². The van der Waals surface area contributed by atoms with Gasteiger partial charge in [0.2, 0.25) is 0 Å². The maximum absolute atomic E-state index is 12.7. The van der Waals surface area contributed by atoms with Crippen LogP contribution in [0.25, 0.3) is 0 Å². The van der Waals surface area contributed by atoms with E-state index in [1.54, 1.807) is 0 Å². The number of hydrogen-bond donors (Lipinski definition) is 1. The minimum absolute atomic E-state index is 0.104. The van der Waals surface area contributed by atoms with Gasteiger partial charge in [0.05, 0.1) is 0 Å². The quantitative estimate of drug-likeness (QED) is 0.706. The van der Waals surface area contributed by atoms with Crippen LogP contribution in [0, 0.1) is 5.92 Å². The van der Waals surface area contributed by atoms with Crippen LogP contribution < -0.4 is 5.32 Å². The van der Waals surface area contributed by atoms with E-state index >= 15 is 0 Å². The highest BCUT2D eigenvalue weighted by molar-refractivity contribution is 9.10. The lowest BCUT2D eigenvalue weighted by Gasteiger charge is -2.30. The van der Waals surface area contributed by atoms with Crippen molar-refractivity contribution in [2.75, 3.05) is 7.05 Å². The Labute approximate surface area is 130 Å². The minimum atomic E-state index is -5.40. The third kappa shape index (κ3) is 5.03. The highest BCUT2D eigenvalue weighted by Crippen LogP contribution is 2.42. The van der Waals surface area contributed by atoms with Gasteiger partial charge in [-0.25, -0.2) is 0 Å². The van der Waals surface area contributed by atoms with Gasteiger partial charge in [-0.2, -0.15) is 26.3 Å². The molecule has 9 heteroatoms. The molecule has 0 saturated heterocycles. The Bertz CT molecular complexity index is 474. The van der Waals surface area contributed by atoms with Crippen molar-refractivity contribution in [1.29, 1.82) is 0 Å². The molecule has 0 bridgehead atoms. The van der Waals surface area contributed by atoms with Crippen LogP contribution in [0.5, 0.6) is 0 Å². The Morgan fingerprint density at radius 2 is 1.67 bits per heavy atom. The lowest BCUT2D eigenvalue weighted by atomic mass is 9.92. The standard InChI is InChI=1S/C12H11BrClF6N/c1-21-9(10(11(15,16)17)12(18,19)20)4-6-2-3-7(13)5-8(6)14/h2-3,5,9-10,21H,4H2,1H3. The fourth-order valence-electron chi connectivity index (χ4n) is 1.95. The fourth-order valence-corrected chi connectivity index (χ4v) is 2.70. The molecule has 1 aromatic carbocycles. The molecule has 0 saturated carbocycles. The first-order valence-electron chi connectivity index (χ1n) is 5.71. The molecule has 0 amide bonds. The molecule has 1 aromatic rings. The topological polar surface area (TPSA) is 12.0 Å². The molecule has 0 radical (unpaired) electrons. The Morgan fingerprint density at radius 3 is 2.05 bits per heavy atom. The average molecular weight is 399 g/mol. The van der Waals surface area contributed by atoms with Gasteiger partial charge in [0.15, 0.2) is 5.92 Å². The largest absolute Gasteiger partial charge is 0.402 e. The molecule has 1 nitrogen and oxygen atoms in total. The molecule has 0 heterocycles. The molecule has 21 heavy (non-hydrogen) atoms. The van der Waals surface area contributed by atoms with Crippen LogP contribution in [0.3, 0.4) is 0 Å². The molecule has 1 atom stereocenters. The van der Waals surface area contributed by atoms with Gasteiger partial charge in [-0.3, -0.25) is 0 Å². The van der Waals surface area contributed by atoms with E-state index in [2.05, 4.69) is 21.2 Å². The van der Waals surface area contributed by atoms with Gasteiger partial charge in [0.25, 0.3) is 0 Å². The number of hydrogen-bond acceptors (Lipinski definition) is 1. The molecule has 0 aliphatic carbocycles. The van der Waals surface area contributed by atoms with Crippen LogP contribution >= 0.6 is 27.5 Å². The number of likely N-dealkylation sites (N-methyl/N-ethyl adjacent to an activating group) is 1. The smallest absolute Gasteiger partial charge is 0.316 e. The Hall–Kier alpha value is -0.470. The normalized spacial score (nSPS) is 14.6. The fraction of sp³-hybridized carbons (Fsp3) is 0.500. The number of alkyl halides is 6. The maximum atomic E-state index is 12.7. The predicted molar refractivity (Wildman–Crippen MR) is 71.3 cm³/mol. The summed E-state index contributed by atoms with van der Waals surface area (Å²) in [7, 11) is 1.06. The van der Waals surface area contributed by atoms with E-state index in [-0.39, 0.29) is 10.6 Å². The Morgan fingerprint density at radius 1 is 1.14 bits per heavy atom. The highest BCUT2D eigenvalue weighted by Gasteiger charge is 2.59. The van der Waals surface area contributed by atoms with E-state index in [1.807, 2.05) is 0 Å². The molecule has 0 aliphatic heterocycles. The van der Waals surface area contributed by atoms with Crippen LogP contribution in [-0.2, 0) is 6.42 Å². The number of nitrogens with one attached hydrogen (secondary N) is 1. The monoisotopic (exact) mass is 397 g/mol. The van der Waals surface area contributed by atoms with Gasteiger partial charge < -0.3 is 5.32 Å². The lowest BCUT2D eigenvalue weighted by Crippen LogP contribution is -2.51. The zero-order valence-corrected chi connectivity index (χ0v) is 13.0. The second-order valence-corrected chi connectivity index (χ2v) is 5.72. The molecule has 0 aromatic heterocycles. The van der Waals surface area contributed by atoms with Gasteiger partial charge >= 0.3 is 12.4 Å². The van der Waals surface area contributed by atoms with E-state index in [0.717, 1.165) is 7.05 Å². The van der Waals surface area contributed by atoms with Gasteiger partial charge in [0, 0.05) is 15.5 Å². The Balaban J connectivity index is 3.10. The zero-order valence-electron chi connectivity index (χ0n) is 10.6. The molecular weight excluding hydrogens is 387 g/mol. The number of halogens is 8. The van der Waals surface area contributed by atoms with Gasteiger partial charge in [-0.05, 0) is 31.2 Å². The summed E-state index contributed by atoms with van der Waals surface area (Å²) in [6, 6.07) is 2.45. The van der Waals surface area contributed by atoms with Crippen LogP contribution in [-0.4, -0.2) is 25.4 Å². The summed E-state index contributed by atoms with van der Waals surface area (Å²) in [6.45, 7) is 0. The summed E-state index contributed by atoms with van der Waals surface area (Å²) in [6.07, 6.45) is -11.3. The van der Waals surface area contributed by atoms with Crippen molar-refractivity contribution < 1.29 is 26.3 Å². The summed E-state index contributed by atoms with van der Waals surface area (Å²) in [5.74, 6) is -3.46. The van der Waals surface area contributed by atoms with Crippen molar-refractivity contribution >= 4 is 27.5 Å². The average Bonchev–Trinajstić information content (AvgIpc) is 2.27. The summed E-state index contributed by atoms with van der Waals surface area (Å²) in [5, 5.41) is 2.20. The molecule has 120 valence electrons. The van der Waals surface area contributed by atoms with E-state index in [4.69, 9.17) is 11.6 Å². The summed E-state index contributed by atoms with van der Waals surface area (Å²) in [5.41, 5.74) is 0.206. The van der Waals surface area contributed by atoms with Gasteiger partial charge in [-0.1, -0.05) is 33.6 Å². The van der Waals surface area contributed by atoms with E-state index in [0.29, 0.717) is 4.47 Å². The van der Waals surface area contributed by atoms with E-state index < -0.39 is 30.7 Å². The summed E-state index contributed by atoms with van der Waals surface area (Å²) in [4.78, 5) is 0. The Kier molecular flexibility index (Phi) is 5.97. The van der Waals surface area contributed by atoms with Crippen LogP contribution in [0.15, 0.2) is 22.7 Å². The molecular formula is C12H11BrClF6N. The predicted octanol–water partition coefficient (Wildman–Crippen LogP) is 4.97. The molecule has 0 fully saturated rings. The second kappa shape index (κ2) is 6.75. The molecule has 1 rings (SSSR count). The van der Waals surface area contributed by atoms with Crippen molar-refractivity contribution in [3.05, 3.63) is 33.3 Å². The lowest BCUT2D eigenvalue weighted by molar-refractivity contribution is -0.291. The first-order chi connectivity index (χ1) is 9.46. The molecule has 1 N–H and O–H groups in total. The minimum Gasteiger partial charge on any atom is -0.316 e. The first-order valence-corrected chi connectivity index (χ1v) is 6.88. The van der Waals surface area contributed by atoms with Crippen molar-refractivity contribution in [1.82, 2.24) is 5.32 Å². The first kappa shape index (κ1) is 18.6. The second-order valence-electron chi connectivity index (χ2n) is 4.40. The van der Waals surface area contributed by atoms with Crippen molar-refractivity contribution in [2.24, 2.45) is 5.92 Å². The van der Waals surface area contributed by atoms with Gasteiger partial charge in [0.1, 0.15) is 0 Å². The van der Waals surface area contributed by atoms with Crippen LogP contribution in [0.2, 0.25) is 5.02 Å². The van der Waals surface area contributed by atoms with Crippen LogP contribution in [0.1, 0.15) is 5.56 Å². The summed E-state index contributed by atoms with van der Waals surface area (Å²) >= 11 is 8.96. The number of rotatable bonds is 4. The van der Waals surface area contributed by atoms with Crippen molar-refractivity contribution in [3.63, 3.8) is 0 Å². The van der Waals surface area contributed by atoms with E-state index in [9.17, 15) is 26.3 Å². The maximum Gasteiger partial charge on any atom is 0.402 e. The summed E-state index contributed by atoms with van der Waals surface area (Å²) < 4.78 is 76.9. The van der Waals surface area contributed by atoms with Gasteiger partial charge in [-0.15, -0.1) is 0 Å². The third-order valence-corrected chi connectivity index (χ3v) is 3.78. The molecule has 0 aliphatic rings. The zero-order chi connectivity index (χ0) is 16.4. The highest BCUT2D eigenvalue weighted by atomic mass is 79.9. The van der Waals surface area contributed by atoms with Crippen molar-refractivity contribution in [2.45, 2.75) is 24.8 Å².